The van der Waals surface area contributed by atoms with E-state index in [-0.39, 0.29) is 18.4 Å². The molecule has 2 rings (SSSR count). The van der Waals surface area contributed by atoms with Crippen molar-refractivity contribution >= 4 is 5.91 Å². The van der Waals surface area contributed by atoms with E-state index in [1.807, 2.05) is 13.8 Å². The van der Waals surface area contributed by atoms with Crippen LogP contribution >= 0.6 is 0 Å². The van der Waals surface area contributed by atoms with Crippen LogP contribution in [0.1, 0.15) is 52.4 Å². The van der Waals surface area contributed by atoms with Gasteiger partial charge in [-0.3, -0.25) is 4.79 Å². The van der Waals surface area contributed by atoms with Gasteiger partial charge in [0.15, 0.2) is 0 Å². The van der Waals surface area contributed by atoms with Crippen LogP contribution in [0, 0.1) is 17.8 Å². The first-order chi connectivity index (χ1) is 8.02. The lowest BCUT2D eigenvalue weighted by atomic mass is 9.79. The average molecular weight is 239 g/mol. The second-order valence-corrected chi connectivity index (χ2v) is 6.48. The predicted molar refractivity (Wildman–Crippen MR) is 67.5 cm³/mol. The summed E-state index contributed by atoms with van der Waals surface area (Å²) in [6.07, 6.45) is 7.35. The first-order valence-electron chi connectivity index (χ1n) is 6.95. The summed E-state index contributed by atoms with van der Waals surface area (Å²) in [7, 11) is 0. The molecule has 0 heterocycles. The van der Waals surface area contributed by atoms with Crippen LogP contribution < -0.4 is 5.32 Å². The lowest BCUT2D eigenvalue weighted by Gasteiger charge is -2.31. The van der Waals surface area contributed by atoms with Gasteiger partial charge in [0.2, 0.25) is 5.91 Å². The van der Waals surface area contributed by atoms with E-state index in [9.17, 15) is 4.79 Å². The van der Waals surface area contributed by atoms with Crippen molar-refractivity contribution in [1.29, 1.82) is 0 Å². The van der Waals surface area contributed by atoms with Crippen molar-refractivity contribution in [3.63, 3.8) is 0 Å². The van der Waals surface area contributed by atoms with E-state index < -0.39 is 5.54 Å². The van der Waals surface area contributed by atoms with Crippen LogP contribution in [0.2, 0.25) is 0 Å². The van der Waals surface area contributed by atoms with E-state index in [0.29, 0.717) is 0 Å². The molecule has 1 amide bonds. The van der Waals surface area contributed by atoms with E-state index in [1.165, 1.54) is 25.7 Å². The summed E-state index contributed by atoms with van der Waals surface area (Å²) in [5, 5.41) is 12.1. The minimum atomic E-state index is -0.482. The summed E-state index contributed by atoms with van der Waals surface area (Å²) in [4.78, 5) is 12.0. The van der Waals surface area contributed by atoms with Gasteiger partial charge in [-0.05, 0) is 64.2 Å². The van der Waals surface area contributed by atoms with E-state index >= 15 is 0 Å². The van der Waals surface area contributed by atoms with Crippen molar-refractivity contribution in [3.05, 3.63) is 0 Å². The fraction of sp³-hybridized carbons (Fsp3) is 0.929. The lowest BCUT2D eigenvalue weighted by molar-refractivity contribution is -0.128. The number of carbonyl (C=O) groups excluding carboxylic acids is 1. The molecule has 0 aromatic heterocycles. The topological polar surface area (TPSA) is 49.3 Å². The molecule has 3 nitrogen and oxygen atoms in total. The highest BCUT2D eigenvalue weighted by Crippen LogP contribution is 2.45. The van der Waals surface area contributed by atoms with Gasteiger partial charge in [0.05, 0.1) is 12.1 Å². The maximum absolute atomic E-state index is 12.0. The molecule has 2 fully saturated rings. The molecule has 0 bridgehead atoms. The molecule has 0 atom stereocenters. The number of aliphatic hydroxyl groups excluding tert-OH is 1. The highest BCUT2D eigenvalue weighted by atomic mass is 16.3. The number of hydrogen-bond acceptors (Lipinski definition) is 2. The van der Waals surface area contributed by atoms with Gasteiger partial charge >= 0.3 is 0 Å². The van der Waals surface area contributed by atoms with Crippen molar-refractivity contribution in [1.82, 2.24) is 5.32 Å². The van der Waals surface area contributed by atoms with Crippen LogP contribution in [0.15, 0.2) is 0 Å². The number of rotatable bonds is 4. The molecule has 0 spiro atoms. The second-order valence-electron chi connectivity index (χ2n) is 6.48. The Kier molecular flexibility index (Phi) is 3.76. The van der Waals surface area contributed by atoms with E-state index in [1.54, 1.807) is 0 Å². The largest absolute Gasteiger partial charge is 0.394 e. The smallest absolute Gasteiger partial charge is 0.223 e. The minimum absolute atomic E-state index is 0.00381. The third-order valence-corrected chi connectivity index (χ3v) is 4.29. The fourth-order valence-electron chi connectivity index (χ4n) is 2.90. The molecule has 0 saturated heterocycles. The molecular weight excluding hydrogens is 214 g/mol. The van der Waals surface area contributed by atoms with Crippen molar-refractivity contribution in [2.75, 3.05) is 6.61 Å². The van der Waals surface area contributed by atoms with Gasteiger partial charge in [-0.25, -0.2) is 0 Å². The summed E-state index contributed by atoms with van der Waals surface area (Å²) in [5.41, 5.74) is -0.482. The normalized spacial score (nSPS) is 30.1. The molecule has 0 aromatic rings. The number of hydrogen-bond donors (Lipinski definition) is 2. The number of carbonyl (C=O) groups is 1. The van der Waals surface area contributed by atoms with Crippen LogP contribution in [0.25, 0.3) is 0 Å². The maximum atomic E-state index is 12.0. The van der Waals surface area contributed by atoms with Crippen molar-refractivity contribution in [2.45, 2.75) is 57.9 Å². The molecule has 0 aromatic carbocycles. The quantitative estimate of drug-likeness (QED) is 0.789. The van der Waals surface area contributed by atoms with Gasteiger partial charge in [0, 0.05) is 5.92 Å². The fourth-order valence-corrected chi connectivity index (χ4v) is 2.90. The predicted octanol–water partition coefficient (Wildman–Crippen LogP) is 2.09. The highest BCUT2D eigenvalue weighted by molar-refractivity contribution is 5.79. The van der Waals surface area contributed by atoms with Crippen LogP contribution in [-0.2, 0) is 4.79 Å². The third-order valence-electron chi connectivity index (χ3n) is 4.29. The molecule has 2 N–H and O–H groups in total. The Labute approximate surface area is 104 Å². The Morgan fingerprint density at radius 1 is 1.12 bits per heavy atom. The zero-order valence-corrected chi connectivity index (χ0v) is 11.0. The third kappa shape index (κ3) is 3.44. The number of aliphatic hydroxyl groups is 1. The molecule has 0 radical (unpaired) electrons. The molecule has 2 aliphatic carbocycles. The molecule has 17 heavy (non-hydrogen) atoms. The highest BCUT2D eigenvalue weighted by Gasteiger charge is 2.36. The molecule has 98 valence electrons. The van der Waals surface area contributed by atoms with Crippen molar-refractivity contribution < 1.29 is 9.90 Å². The van der Waals surface area contributed by atoms with Gasteiger partial charge in [-0.15, -0.1) is 0 Å². The molecule has 0 aliphatic heterocycles. The summed E-state index contributed by atoms with van der Waals surface area (Å²) in [5.74, 6) is 2.19. The van der Waals surface area contributed by atoms with Gasteiger partial charge < -0.3 is 10.4 Å². The van der Waals surface area contributed by atoms with E-state index in [4.69, 9.17) is 5.11 Å². The van der Waals surface area contributed by atoms with Gasteiger partial charge in [0.25, 0.3) is 0 Å². The van der Waals surface area contributed by atoms with Crippen LogP contribution in [0.3, 0.4) is 0 Å². The zero-order chi connectivity index (χ0) is 12.5. The molecular formula is C14H25NO2. The SMILES string of the molecule is CC(C)(CO)NC(=O)C1CCC(C2CC2)CC1. The second kappa shape index (κ2) is 4.97. The molecule has 0 unspecified atom stereocenters. The Hall–Kier alpha value is -0.570. The first-order valence-corrected chi connectivity index (χ1v) is 6.95. The average Bonchev–Trinajstić information content (AvgIpc) is 3.13. The standard InChI is InChI=1S/C14H25NO2/c1-14(2,9-16)15-13(17)12-7-5-11(6-8-12)10-3-4-10/h10-12,16H,3-9H2,1-2H3,(H,15,17). The van der Waals surface area contributed by atoms with Crippen molar-refractivity contribution in [3.8, 4) is 0 Å². The zero-order valence-electron chi connectivity index (χ0n) is 11.0. The van der Waals surface area contributed by atoms with Crippen LogP contribution in [0.5, 0.6) is 0 Å². The van der Waals surface area contributed by atoms with E-state index in [0.717, 1.165) is 24.7 Å². The van der Waals surface area contributed by atoms with Gasteiger partial charge in [-0.1, -0.05) is 0 Å². The van der Waals surface area contributed by atoms with Crippen LogP contribution in [-0.4, -0.2) is 23.2 Å². The maximum Gasteiger partial charge on any atom is 0.223 e. The monoisotopic (exact) mass is 239 g/mol. The van der Waals surface area contributed by atoms with Crippen LogP contribution in [0.4, 0.5) is 0 Å². The number of amides is 1. The van der Waals surface area contributed by atoms with Gasteiger partial charge in [-0.2, -0.15) is 0 Å². The first kappa shape index (κ1) is 12.9. The molecule has 2 aliphatic rings. The number of nitrogens with one attached hydrogen (secondary N) is 1. The summed E-state index contributed by atoms with van der Waals surface area (Å²) >= 11 is 0. The Morgan fingerprint density at radius 2 is 1.59 bits per heavy atom. The minimum Gasteiger partial charge on any atom is -0.394 e. The lowest BCUT2D eigenvalue weighted by Crippen LogP contribution is -2.49. The molecule has 3 heteroatoms. The van der Waals surface area contributed by atoms with Gasteiger partial charge in [0.1, 0.15) is 0 Å². The Balaban J connectivity index is 1.77. The Morgan fingerprint density at radius 3 is 2.00 bits per heavy atom. The summed E-state index contributed by atoms with van der Waals surface area (Å²) in [6.45, 7) is 3.72. The summed E-state index contributed by atoms with van der Waals surface area (Å²) < 4.78 is 0. The Bertz CT molecular complexity index is 276. The molecule has 2 saturated carbocycles. The van der Waals surface area contributed by atoms with Crippen molar-refractivity contribution in [2.24, 2.45) is 17.8 Å². The summed E-state index contributed by atoms with van der Waals surface area (Å²) in [6, 6.07) is 0. The van der Waals surface area contributed by atoms with E-state index in [2.05, 4.69) is 5.32 Å².